The van der Waals surface area contributed by atoms with E-state index in [2.05, 4.69) is 35.1 Å². The van der Waals surface area contributed by atoms with Gasteiger partial charge >= 0.3 is 5.82 Å². The van der Waals surface area contributed by atoms with E-state index in [1.807, 2.05) is 18.2 Å². The Morgan fingerprint density at radius 3 is 1.68 bits per heavy atom. The standard InChI is InChI=1S/C38H16FN9.C8H3FN2/c1-22-13-24(8-9-26(22)18-40)34-29(15-23-7-11-31(44-2)27(14-23)19-41)37(38(47-5)48-6)35(30(17-39)36(34)28(20-42)21-43)25-10-12-32(45-3)33(16-25)46-4;1-11-8-4-7(9)3-2-6(8)5-10/h7-14,16H,15,17H2,1H3;2-4H. The van der Waals surface area contributed by atoms with Gasteiger partial charge in [-0.25, -0.2) is 18.5 Å². The van der Waals surface area contributed by atoms with Crippen LogP contribution in [0, 0.1) is 109 Å². The molecule has 0 N–H and O–H groups in total. The van der Waals surface area contributed by atoms with E-state index in [1.165, 1.54) is 42.5 Å². The topological polar surface area (TPSA) is 145 Å². The molecule has 0 amide bonds. The Kier molecular flexibility index (Phi) is 13.4. The first kappa shape index (κ1) is 41.8. The van der Waals surface area contributed by atoms with Gasteiger partial charge in [-0.1, -0.05) is 54.6 Å². The van der Waals surface area contributed by atoms with Crippen LogP contribution in [0.15, 0.2) is 72.8 Å². The van der Waals surface area contributed by atoms with Gasteiger partial charge in [0.15, 0.2) is 11.4 Å². The van der Waals surface area contributed by atoms with Crippen LogP contribution in [0.2, 0.25) is 0 Å². The van der Waals surface area contributed by atoms with E-state index in [0.29, 0.717) is 22.3 Å². The third-order valence-electron chi connectivity index (χ3n) is 8.77. The molecule has 0 spiro atoms. The average molecular weight is 764 g/mol. The number of alkyl halides is 1. The van der Waals surface area contributed by atoms with Crippen LogP contribution in [0.3, 0.4) is 0 Å². The van der Waals surface area contributed by atoms with Gasteiger partial charge < -0.3 is 0 Å². The Morgan fingerprint density at radius 1 is 0.576 bits per heavy atom. The van der Waals surface area contributed by atoms with E-state index < -0.39 is 23.9 Å². The van der Waals surface area contributed by atoms with Gasteiger partial charge in [0.2, 0.25) is 11.4 Å². The first-order valence-electron chi connectivity index (χ1n) is 16.5. The van der Waals surface area contributed by atoms with Crippen LogP contribution in [-0.2, 0) is 13.1 Å². The molecular formula is C46H19F2N11. The van der Waals surface area contributed by atoms with Crippen LogP contribution in [0.4, 0.5) is 31.5 Å². The number of nitrogens with zero attached hydrogens (tertiary/aromatic N) is 11. The van der Waals surface area contributed by atoms with E-state index in [1.54, 1.807) is 31.2 Å². The zero-order chi connectivity index (χ0) is 43.2. The van der Waals surface area contributed by atoms with Crippen LogP contribution < -0.4 is 10.4 Å². The van der Waals surface area contributed by atoms with E-state index >= 15 is 4.39 Å². The third-order valence-corrected chi connectivity index (χ3v) is 8.77. The highest BCUT2D eigenvalue weighted by Gasteiger charge is 2.27. The Morgan fingerprint density at radius 2 is 1.14 bits per heavy atom. The van der Waals surface area contributed by atoms with E-state index in [0.717, 1.165) is 12.1 Å². The minimum Gasteiger partial charge on any atom is -0.250 e. The van der Waals surface area contributed by atoms with Crippen molar-refractivity contribution in [3.05, 3.63) is 196 Å². The quantitative estimate of drug-likeness (QED) is 0.164. The zero-order valence-corrected chi connectivity index (χ0v) is 30.5. The molecule has 0 aliphatic rings. The number of halogens is 2. The molecular weight excluding hydrogens is 745 g/mol. The highest BCUT2D eigenvalue weighted by Crippen LogP contribution is 2.36. The Labute approximate surface area is 337 Å². The van der Waals surface area contributed by atoms with Crippen molar-refractivity contribution in [2.75, 3.05) is 0 Å². The summed E-state index contributed by atoms with van der Waals surface area (Å²) in [4.78, 5) is 20.1. The van der Waals surface area contributed by atoms with Crippen LogP contribution in [-0.4, -0.2) is 0 Å². The van der Waals surface area contributed by atoms with Gasteiger partial charge in [0.05, 0.1) is 66.4 Å². The van der Waals surface area contributed by atoms with Crippen LogP contribution in [0.25, 0.3) is 62.7 Å². The molecule has 11 nitrogen and oxygen atoms in total. The molecule has 0 saturated carbocycles. The second-order valence-corrected chi connectivity index (χ2v) is 11.9. The highest BCUT2D eigenvalue weighted by atomic mass is 19.1. The van der Waals surface area contributed by atoms with Crippen molar-refractivity contribution in [1.29, 1.82) is 26.3 Å². The van der Waals surface area contributed by atoms with Crippen molar-refractivity contribution in [1.82, 2.24) is 0 Å². The Hall–Kier alpha value is -9.91. The molecule has 13 heteroatoms. The fourth-order valence-corrected chi connectivity index (χ4v) is 6.18. The smallest absolute Gasteiger partial charge is 0.250 e. The van der Waals surface area contributed by atoms with Crippen LogP contribution >= 0.6 is 0 Å². The summed E-state index contributed by atoms with van der Waals surface area (Å²) in [5.41, 5.74) is 1.96. The molecule has 59 heavy (non-hydrogen) atoms. The van der Waals surface area contributed by atoms with Gasteiger partial charge in [0, 0.05) is 10.8 Å². The summed E-state index contributed by atoms with van der Waals surface area (Å²) in [6.45, 7) is 45.4. The van der Waals surface area contributed by atoms with Crippen LogP contribution in [0.1, 0.15) is 38.9 Å². The van der Waals surface area contributed by atoms with Gasteiger partial charge in [-0.05, 0) is 70.5 Å². The molecule has 0 aliphatic heterocycles. The lowest BCUT2D eigenvalue weighted by atomic mass is 9.82. The molecule has 0 aliphatic carbocycles. The lowest BCUT2D eigenvalue weighted by Crippen LogP contribution is -2.29. The molecule has 0 saturated heterocycles. The number of hydrogen-bond donors (Lipinski definition) is 0. The summed E-state index contributed by atoms with van der Waals surface area (Å²) in [6.07, 6.45) is -0.113. The van der Waals surface area contributed by atoms with Crippen molar-refractivity contribution in [3.63, 3.8) is 0 Å². The number of nitriles is 5. The number of aryl methyl sites for hydroxylation is 1. The predicted molar refractivity (Wildman–Crippen MR) is 212 cm³/mol. The maximum absolute atomic E-state index is 15.6. The fraction of sp³-hybridized carbons (Fsp3) is 0.0652. The summed E-state index contributed by atoms with van der Waals surface area (Å²) in [5, 5.41) is 48.0. The molecule has 0 fully saturated rings. The van der Waals surface area contributed by atoms with Crippen molar-refractivity contribution in [3.8, 4) is 52.6 Å². The summed E-state index contributed by atoms with van der Waals surface area (Å²) in [5.74, 6) is -0.963. The predicted octanol–water partition coefficient (Wildman–Crippen LogP) is 10.1. The van der Waals surface area contributed by atoms with Crippen molar-refractivity contribution >= 4 is 34.1 Å². The van der Waals surface area contributed by atoms with Gasteiger partial charge in [-0.2, -0.15) is 36.0 Å². The maximum Gasteiger partial charge on any atom is 0.527 e. The summed E-state index contributed by atoms with van der Waals surface area (Å²) >= 11 is 0. The van der Waals surface area contributed by atoms with Gasteiger partial charge in [0.25, 0.3) is 0 Å². The van der Waals surface area contributed by atoms with Crippen molar-refractivity contribution < 1.29 is 8.78 Å². The molecule has 0 bridgehead atoms. The lowest BCUT2D eigenvalue weighted by Gasteiger charge is -2.20. The largest absolute Gasteiger partial charge is 0.527 e. The monoisotopic (exact) mass is 763 g/mol. The van der Waals surface area contributed by atoms with Crippen LogP contribution in [0.5, 0.6) is 0 Å². The first-order chi connectivity index (χ1) is 28.6. The number of rotatable bonds is 5. The molecule has 0 heterocycles. The molecule has 5 aromatic rings. The second kappa shape index (κ2) is 18.9. The van der Waals surface area contributed by atoms with Gasteiger partial charge in [-0.15, -0.1) is 0 Å². The van der Waals surface area contributed by atoms with E-state index in [-0.39, 0.29) is 78.6 Å². The van der Waals surface area contributed by atoms with Gasteiger partial charge in [0.1, 0.15) is 43.3 Å². The number of benzene rings is 5. The SMILES string of the molecule is [C-]#[N+]C([N+]#[C-])=c1c(Cc2ccc([N+]#[C-])c(C#N)c2)c(-c2ccc(C#N)c(C)c2)c(=C(C#N)C#N)c(CF)c1-c1ccc([N+]#[C-])c([N+]#[C-])c1.[C-]#[N+]c1cc(F)ccc1C#N. The maximum atomic E-state index is 15.6. The highest BCUT2D eigenvalue weighted by molar-refractivity contribution is 5.89. The average Bonchev–Trinajstić information content (AvgIpc) is 3.27. The van der Waals surface area contributed by atoms with Gasteiger partial charge in [-0.3, -0.25) is 9.69 Å². The Bertz CT molecular complexity index is 3200. The minimum absolute atomic E-state index is 0.0127. The molecule has 0 unspecified atom stereocenters. The molecule has 5 rings (SSSR count). The van der Waals surface area contributed by atoms with E-state index in [9.17, 15) is 25.4 Å². The van der Waals surface area contributed by atoms with Crippen molar-refractivity contribution in [2.24, 2.45) is 0 Å². The lowest BCUT2D eigenvalue weighted by molar-refractivity contribution is 0.484. The first-order valence-corrected chi connectivity index (χ1v) is 16.5. The summed E-state index contributed by atoms with van der Waals surface area (Å²) in [6, 6.07) is 26.4. The molecule has 0 radical (unpaired) electrons. The molecule has 0 aromatic heterocycles. The summed E-state index contributed by atoms with van der Waals surface area (Å²) in [7, 11) is 0. The zero-order valence-electron chi connectivity index (χ0n) is 30.5. The van der Waals surface area contributed by atoms with Crippen molar-refractivity contribution in [2.45, 2.75) is 20.0 Å². The van der Waals surface area contributed by atoms with E-state index in [4.69, 9.17) is 44.7 Å². The third kappa shape index (κ3) is 8.43. The molecule has 0 atom stereocenters. The Balaban J connectivity index is 0.000000603. The normalized spacial score (nSPS) is 9.22. The summed E-state index contributed by atoms with van der Waals surface area (Å²) < 4.78 is 28.0. The second-order valence-electron chi connectivity index (χ2n) is 11.9. The number of hydrogen-bond acceptors (Lipinski definition) is 5. The molecule has 272 valence electrons. The fourth-order valence-electron chi connectivity index (χ4n) is 6.18. The molecule has 5 aromatic carbocycles. The minimum atomic E-state index is -1.26.